The minimum absolute atomic E-state index is 0.00355. The second kappa shape index (κ2) is 8.51. The van der Waals surface area contributed by atoms with E-state index in [9.17, 15) is 9.59 Å². The Balaban J connectivity index is 1.54. The quantitative estimate of drug-likeness (QED) is 0.845. The summed E-state index contributed by atoms with van der Waals surface area (Å²) in [6.07, 6.45) is 3.83. The van der Waals surface area contributed by atoms with Crippen molar-refractivity contribution < 1.29 is 9.59 Å². The van der Waals surface area contributed by atoms with Crippen molar-refractivity contribution in [1.82, 2.24) is 15.1 Å². The van der Waals surface area contributed by atoms with E-state index in [4.69, 9.17) is 0 Å². The van der Waals surface area contributed by atoms with Crippen LogP contribution in [0.25, 0.3) is 10.1 Å². The van der Waals surface area contributed by atoms with E-state index in [2.05, 4.69) is 15.5 Å². The third-order valence-electron chi connectivity index (χ3n) is 4.55. The normalized spacial score (nSPS) is 15.0. The number of nitrogens with zero attached hydrogens (tertiary/aromatic N) is 2. The molecule has 3 amide bonds. The largest absolute Gasteiger partial charge is 0.344 e. The van der Waals surface area contributed by atoms with Crippen LogP contribution in [-0.2, 0) is 0 Å². The lowest BCUT2D eigenvalue weighted by Gasteiger charge is -2.26. The van der Waals surface area contributed by atoms with Gasteiger partial charge in [-0.25, -0.2) is 4.79 Å². The SMILES string of the molecule is CN(C)C(=O)c1cc2cc(NC(=O)NCCN3CCCCC3)ccc2s1. The third-order valence-corrected chi connectivity index (χ3v) is 5.66. The molecule has 140 valence electrons. The van der Waals surface area contributed by atoms with Gasteiger partial charge in [-0.3, -0.25) is 4.79 Å². The van der Waals surface area contributed by atoms with Crippen molar-refractivity contribution in [3.63, 3.8) is 0 Å². The van der Waals surface area contributed by atoms with Crippen LogP contribution in [0.5, 0.6) is 0 Å². The molecule has 0 atom stereocenters. The first-order chi connectivity index (χ1) is 12.5. The number of urea groups is 1. The Morgan fingerprint density at radius 1 is 1.15 bits per heavy atom. The number of hydrogen-bond acceptors (Lipinski definition) is 4. The second-order valence-corrected chi connectivity index (χ2v) is 7.93. The van der Waals surface area contributed by atoms with Crippen LogP contribution in [0, 0.1) is 0 Å². The summed E-state index contributed by atoms with van der Waals surface area (Å²) in [6, 6.07) is 7.40. The van der Waals surface area contributed by atoms with Crippen LogP contribution in [0.1, 0.15) is 28.9 Å². The van der Waals surface area contributed by atoms with Gasteiger partial charge in [0.25, 0.3) is 5.91 Å². The molecule has 2 N–H and O–H groups in total. The number of benzene rings is 1. The zero-order chi connectivity index (χ0) is 18.5. The maximum Gasteiger partial charge on any atom is 0.319 e. The summed E-state index contributed by atoms with van der Waals surface area (Å²) in [5.41, 5.74) is 0.731. The highest BCUT2D eigenvalue weighted by Gasteiger charge is 2.13. The Kier molecular flexibility index (Phi) is 6.11. The minimum atomic E-state index is -0.193. The van der Waals surface area contributed by atoms with Crippen LogP contribution in [0.4, 0.5) is 10.5 Å². The molecule has 1 aromatic carbocycles. The van der Waals surface area contributed by atoms with E-state index in [1.807, 2.05) is 24.3 Å². The van der Waals surface area contributed by atoms with E-state index in [1.165, 1.54) is 30.6 Å². The molecule has 1 aliphatic heterocycles. The molecule has 2 aromatic rings. The summed E-state index contributed by atoms with van der Waals surface area (Å²) in [5.74, 6) is -0.00355. The lowest BCUT2D eigenvalue weighted by molar-refractivity contribution is 0.0832. The molecule has 0 aliphatic carbocycles. The lowest BCUT2D eigenvalue weighted by Crippen LogP contribution is -2.39. The minimum Gasteiger partial charge on any atom is -0.344 e. The number of likely N-dealkylation sites (tertiary alicyclic amines) is 1. The fraction of sp³-hybridized carbons (Fsp3) is 0.474. The molecule has 0 bridgehead atoms. The molecule has 3 rings (SSSR count). The molecule has 0 unspecified atom stereocenters. The van der Waals surface area contributed by atoms with Crippen LogP contribution in [0.3, 0.4) is 0 Å². The predicted octanol–water partition coefficient (Wildman–Crippen LogP) is 3.21. The maximum atomic E-state index is 12.1. The van der Waals surface area contributed by atoms with Gasteiger partial charge in [0.15, 0.2) is 0 Å². The Morgan fingerprint density at radius 2 is 1.92 bits per heavy atom. The van der Waals surface area contributed by atoms with Crippen LogP contribution >= 0.6 is 11.3 Å². The molecule has 26 heavy (non-hydrogen) atoms. The standard InChI is InChI=1S/C19H26N4O2S/c1-22(2)18(24)17-13-14-12-15(6-7-16(14)26-17)21-19(25)20-8-11-23-9-4-3-5-10-23/h6-7,12-13H,3-5,8-11H2,1-2H3,(H2,20,21,25). The molecule has 1 fully saturated rings. The summed E-state index contributed by atoms with van der Waals surface area (Å²) >= 11 is 1.47. The molecular formula is C19H26N4O2S. The monoisotopic (exact) mass is 374 g/mol. The van der Waals surface area contributed by atoms with E-state index in [1.54, 1.807) is 19.0 Å². The van der Waals surface area contributed by atoms with Gasteiger partial charge in [0.05, 0.1) is 4.88 Å². The Bertz CT molecular complexity index is 781. The lowest BCUT2D eigenvalue weighted by atomic mass is 10.1. The van der Waals surface area contributed by atoms with Gasteiger partial charge in [0.2, 0.25) is 0 Å². The van der Waals surface area contributed by atoms with Gasteiger partial charge in [-0.2, -0.15) is 0 Å². The zero-order valence-corrected chi connectivity index (χ0v) is 16.2. The van der Waals surface area contributed by atoms with Gasteiger partial charge in [-0.15, -0.1) is 11.3 Å². The number of rotatable bonds is 5. The van der Waals surface area contributed by atoms with Crippen molar-refractivity contribution >= 4 is 39.0 Å². The fourth-order valence-corrected chi connectivity index (χ4v) is 4.20. The number of anilines is 1. The highest BCUT2D eigenvalue weighted by molar-refractivity contribution is 7.20. The van der Waals surface area contributed by atoms with Gasteiger partial charge in [0.1, 0.15) is 0 Å². The number of nitrogens with one attached hydrogen (secondary N) is 2. The number of fused-ring (bicyclic) bond motifs is 1. The molecule has 1 aromatic heterocycles. The van der Waals surface area contributed by atoms with Crippen LogP contribution in [0.2, 0.25) is 0 Å². The number of amides is 3. The predicted molar refractivity (Wildman–Crippen MR) is 107 cm³/mol. The first-order valence-electron chi connectivity index (χ1n) is 9.05. The highest BCUT2D eigenvalue weighted by atomic mass is 32.1. The van der Waals surface area contributed by atoms with E-state index in [0.717, 1.165) is 35.4 Å². The number of carbonyl (C=O) groups excluding carboxylic acids is 2. The molecule has 7 heteroatoms. The summed E-state index contributed by atoms with van der Waals surface area (Å²) in [4.78, 5) is 28.8. The van der Waals surface area contributed by atoms with Crippen LogP contribution < -0.4 is 10.6 Å². The van der Waals surface area contributed by atoms with Crippen molar-refractivity contribution in [2.75, 3.05) is 45.6 Å². The van der Waals surface area contributed by atoms with Gasteiger partial charge >= 0.3 is 6.03 Å². The smallest absolute Gasteiger partial charge is 0.319 e. The van der Waals surface area contributed by atoms with E-state index in [0.29, 0.717) is 11.4 Å². The van der Waals surface area contributed by atoms with Crippen LogP contribution in [-0.4, -0.2) is 62.0 Å². The van der Waals surface area contributed by atoms with Crippen molar-refractivity contribution in [1.29, 1.82) is 0 Å². The Hall–Kier alpha value is -2.12. The molecular weight excluding hydrogens is 348 g/mol. The molecule has 0 radical (unpaired) electrons. The number of carbonyl (C=O) groups is 2. The summed E-state index contributed by atoms with van der Waals surface area (Å²) in [6.45, 7) is 3.80. The molecule has 6 nitrogen and oxygen atoms in total. The first-order valence-corrected chi connectivity index (χ1v) is 9.87. The third kappa shape index (κ3) is 4.74. The average molecular weight is 375 g/mol. The topological polar surface area (TPSA) is 64.7 Å². The van der Waals surface area contributed by atoms with Gasteiger partial charge in [-0.05, 0) is 55.6 Å². The van der Waals surface area contributed by atoms with Crippen molar-refractivity contribution in [2.45, 2.75) is 19.3 Å². The second-order valence-electron chi connectivity index (χ2n) is 6.85. The molecule has 1 aliphatic rings. The van der Waals surface area contributed by atoms with Gasteiger partial charge in [-0.1, -0.05) is 6.42 Å². The molecule has 0 saturated carbocycles. The Labute approximate surface area is 158 Å². The van der Waals surface area contributed by atoms with E-state index < -0.39 is 0 Å². The fourth-order valence-electron chi connectivity index (χ4n) is 3.13. The summed E-state index contributed by atoms with van der Waals surface area (Å²) in [5, 5.41) is 6.75. The van der Waals surface area contributed by atoms with Crippen molar-refractivity contribution in [3.05, 3.63) is 29.1 Å². The summed E-state index contributed by atoms with van der Waals surface area (Å²) in [7, 11) is 3.49. The molecule has 1 saturated heterocycles. The Morgan fingerprint density at radius 3 is 2.65 bits per heavy atom. The van der Waals surface area contributed by atoms with Crippen LogP contribution in [0.15, 0.2) is 24.3 Å². The molecule has 2 heterocycles. The first kappa shape index (κ1) is 18.7. The summed E-state index contributed by atoms with van der Waals surface area (Å²) < 4.78 is 1.03. The van der Waals surface area contributed by atoms with E-state index in [-0.39, 0.29) is 11.9 Å². The number of hydrogen-bond donors (Lipinski definition) is 2. The number of piperidine rings is 1. The highest BCUT2D eigenvalue weighted by Crippen LogP contribution is 2.28. The van der Waals surface area contributed by atoms with E-state index >= 15 is 0 Å². The maximum absolute atomic E-state index is 12.1. The number of thiophene rings is 1. The van der Waals surface area contributed by atoms with Gasteiger partial charge < -0.3 is 20.4 Å². The van der Waals surface area contributed by atoms with Crippen molar-refractivity contribution in [2.24, 2.45) is 0 Å². The average Bonchev–Trinajstić information content (AvgIpc) is 3.05. The zero-order valence-electron chi connectivity index (χ0n) is 15.4. The van der Waals surface area contributed by atoms with Crippen molar-refractivity contribution in [3.8, 4) is 0 Å². The van der Waals surface area contributed by atoms with Gasteiger partial charge in [0, 0.05) is 37.6 Å². The molecule has 0 spiro atoms.